The van der Waals surface area contributed by atoms with Crippen LogP contribution in [0.5, 0.6) is 0 Å². The summed E-state index contributed by atoms with van der Waals surface area (Å²) in [5, 5.41) is 15.2. The van der Waals surface area contributed by atoms with E-state index in [-0.39, 0.29) is 11.9 Å². The van der Waals surface area contributed by atoms with Gasteiger partial charge in [0.05, 0.1) is 17.9 Å². The molecule has 33 heavy (non-hydrogen) atoms. The minimum absolute atomic E-state index is 0.00829. The van der Waals surface area contributed by atoms with Crippen molar-refractivity contribution in [1.82, 2.24) is 19.9 Å². The summed E-state index contributed by atoms with van der Waals surface area (Å²) in [6.07, 6.45) is 3.58. The van der Waals surface area contributed by atoms with Crippen LogP contribution in [0.1, 0.15) is 18.4 Å². The van der Waals surface area contributed by atoms with Crippen molar-refractivity contribution in [3.63, 3.8) is 0 Å². The molecule has 4 aromatic rings. The summed E-state index contributed by atoms with van der Waals surface area (Å²) in [4.78, 5) is 17.2. The first-order valence-corrected chi connectivity index (χ1v) is 11.5. The minimum atomic E-state index is -0.134. The number of hydrogen-bond acceptors (Lipinski definition) is 5. The number of halogens is 2. The Morgan fingerprint density at radius 2 is 2.06 bits per heavy atom. The van der Waals surface area contributed by atoms with Crippen molar-refractivity contribution >= 4 is 46.3 Å². The summed E-state index contributed by atoms with van der Waals surface area (Å²) in [7, 11) is 0. The van der Waals surface area contributed by atoms with Gasteiger partial charge in [0.1, 0.15) is 5.82 Å². The van der Waals surface area contributed by atoms with Gasteiger partial charge in [-0.25, -0.2) is 4.98 Å². The molecule has 0 aliphatic carbocycles. The molecule has 2 aromatic heterocycles. The van der Waals surface area contributed by atoms with E-state index < -0.39 is 0 Å². The van der Waals surface area contributed by atoms with Crippen LogP contribution in [-0.4, -0.2) is 33.1 Å². The zero-order chi connectivity index (χ0) is 22.8. The molecule has 168 valence electrons. The van der Waals surface area contributed by atoms with Crippen LogP contribution in [0.3, 0.4) is 0 Å². The Balaban J connectivity index is 1.41. The molecule has 0 radical (unpaired) electrons. The van der Waals surface area contributed by atoms with E-state index in [1.165, 1.54) is 0 Å². The monoisotopic (exact) mass is 480 g/mol. The summed E-state index contributed by atoms with van der Waals surface area (Å²) in [6.45, 7) is 1.38. The van der Waals surface area contributed by atoms with E-state index in [4.69, 9.17) is 28.2 Å². The molecular formula is C24H22Cl2N6O. The van der Waals surface area contributed by atoms with Crippen LogP contribution >= 0.6 is 23.2 Å². The van der Waals surface area contributed by atoms with Crippen molar-refractivity contribution < 1.29 is 4.79 Å². The molecule has 0 saturated carbocycles. The van der Waals surface area contributed by atoms with Crippen LogP contribution < -0.4 is 16.0 Å². The Bertz CT molecular complexity index is 1320. The average Bonchev–Trinajstić information content (AvgIpc) is 3.51. The predicted octanol–water partition coefficient (Wildman–Crippen LogP) is 5.01. The van der Waals surface area contributed by atoms with E-state index in [0.29, 0.717) is 22.2 Å². The van der Waals surface area contributed by atoms with E-state index in [1.807, 2.05) is 48.5 Å². The third-order valence-corrected chi connectivity index (χ3v) is 6.22. The molecule has 3 heterocycles. The van der Waals surface area contributed by atoms with E-state index in [1.54, 1.807) is 16.8 Å². The summed E-state index contributed by atoms with van der Waals surface area (Å²) in [6, 6.07) is 16.8. The van der Waals surface area contributed by atoms with Gasteiger partial charge in [0.15, 0.2) is 5.65 Å². The largest absolute Gasteiger partial charge is 0.366 e. The van der Waals surface area contributed by atoms with Crippen LogP contribution in [0, 0.1) is 0 Å². The highest BCUT2D eigenvalue weighted by Crippen LogP contribution is 2.26. The lowest BCUT2D eigenvalue weighted by molar-refractivity contribution is -0.117. The number of benzene rings is 2. The maximum atomic E-state index is 12.5. The minimum Gasteiger partial charge on any atom is -0.366 e. The van der Waals surface area contributed by atoms with Crippen molar-refractivity contribution in [1.29, 1.82) is 0 Å². The van der Waals surface area contributed by atoms with Crippen LogP contribution in [-0.2, 0) is 11.3 Å². The molecule has 1 unspecified atom stereocenters. The van der Waals surface area contributed by atoms with Crippen LogP contribution in [0.15, 0.2) is 60.8 Å². The predicted molar refractivity (Wildman–Crippen MR) is 132 cm³/mol. The van der Waals surface area contributed by atoms with Crippen LogP contribution in [0.25, 0.3) is 16.9 Å². The molecule has 7 nitrogen and oxygen atoms in total. The number of hydrogen-bond donors (Lipinski definition) is 3. The average molecular weight is 481 g/mol. The number of amides is 1. The van der Waals surface area contributed by atoms with Gasteiger partial charge in [-0.05, 0) is 49.2 Å². The topological polar surface area (TPSA) is 83.4 Å². The third-order valence-electron chi connectivity index (χ3n) is 5.64. The number of aromatic nitrogens is 3. The fourth-order valence-electron chi connectivity index (χ4n) is 3.93. The molecule has 1 fully saturated rings. The molecule has 0 spiro atoms. The van der Waals surface area contributed by atoms with E-state index in [9.17, 15) is 4.79 Å². The Labute approximate surface area is 201 Å². The summed E-state index contributed by atoms with van der Waals surface area (Å²) < 4.78 is 1.74. The van der Waals surface area contributed by atoms with Crippen molar-refractivity contribution in [3.05, 3.63) is 76.4 Å². The van der Waals surface area contributed by atoms with Crippen LogP contribution in [0.2, 0.25) is 10.0 Å². The first-order valence-electron chi connectivity index (χ1n) is 10.7. The quantitative estimate of drug-likeness (QED) is 0.361. The molecule has 0 bridgehead atoms. The van der Waals surface area contributed by atoms with Crippen molar-refractivity contribution in [2.45, 2.75) is 25.4 Å². The zero-order valence-electron chi connectivity index (χ0n) is 17.7. The lowest BCUT2D eigenvalue weighted by Crippen LogP contribution is -2.35. The number of carbonyl (C=O) groups excluding carboxylic acids is 1. The normalized spacial score (nSPS) is 15.6. The van der Waals surface area contributed by atoms with E-state index in [0.717, 1.165) is 47.7 Å². The van der Waals surface area contributed by atoms with Gasteiger partial charge in [-0.2, -0.15) is 9.61 Å². The first kappa shape index (κ1) is 21.7. The lowest BCUT2D eigenvalue weighted by Gasteiger charge is -2.13. The van der Waals surface area contributed by atoms with Crippen molar-refractivity contribution in [2.24, 2.45) is 0 Å². The Morgan fingerprint density at radius 1 is 1.15 bits per heavy atom. The summed E-state index contributed by atoms with van der Waals surface area (Å²) in [5.74, 6) is 0.765. The van der Waals surface area contributed by atoms with Gasteiger partial charge in [-0.3, -0.25) is 4.79 Å². The Morgan fingerprint density at radius 3 is 2.88 bits per heavy atom. The second-order valence-electron chi connectivity index (χ2n) is 7.94. The molecule has 1 atom stereocenters. The molecule has 1 saturated heterocycles. The zero-order valence-corrected chi connectivity index (χ0v) is 19.2. The van der Waals surface area contributed by atoms with Gasteiger partial charge in [0.2, 0.25) is 5.91 Å². The number of anilines is 2. The molecule has 1 aliphatic heterocycles. The molecule has 1 aliphatic rings. The van der Waals surface area contributed by atoms with Gasteiger partial charge in [0, 0.05) is 40.0 Å². The smallest absolute Gasteiger partial charge is 0.241 e. The SMILES string of the molecule is O=C(Nc1cccc(-c2cc(NCc3ccc(Cl)cc3Cl)n3nccc3n2)c1)C1CCCN1. The van der Waals surface area contributed by atoms with Crippen molar-refractivity contribution in [2.75, 3.05) is 17.2 Å². The summed E-state index contributed by atoms with van der Waals surface area (Å²) >= 11 is 12.3. The number of rotatable bonds is 6. The van der Waals surface area contributed by atoms with Crippen molar-refractivity contribution in [3.8, 4) is 11.3 Å². The standard InChI is InChI=1S/C24H22Cl2N6O/c25-17-7-6-16(19(26)12-17)14-28-23-13-21(31-22-8-10-29-32(22)23)15-3-1-4-18(11-15)30-24(33)20-5-2-9-27-20/h1,3-4,6-8,10-13,20,27-28H,2,5,9,14H2,(H,30,33). The van der Waals surface area contributed by atoms with Gasteiger partial charge in [0.25, 0.3) is 0 Å². The highest BCUT2D eigenvalue weighted by molar-refractivity contribution is 6.35. The first-order chi connectivity index (χ1) is 16.1. The third kappa shape index (κ3) is 4.80. The fourth-order valence-corrected chi connectivity index (χ4v) is 4.41. The second-order valence-corrected chi connectivity index (χ2v) is 8.78. The highest BCUT2D eigenvalue weighted by atomic mass is 35.5. The van der Waals surface area contributed by atoms with Gasteiger partial charge in [-0.15, -0.1) is 0 Å². The maximum Gasteiger partial charge on any atom is 0.241 e. The van der Waals surface area contributed by atoms with Crippen LogP contribution in [0.4, 0.5) is 11.5 Å². The number of nitrogens with zero attached hydrogens (tertiary/aromatic N) is 3. The molecular weight excluding hydrogens is 459 g/mol. The highest BCUT2D eigenvalue weighted by Gasteiger charge is 2.22. The fraction of sp³-hybridized carbons (Fsp3) is 0.208. The number of carbonyl (C=O) groups is 1. The van der Waals surface area contributed by atoms with E-state index >= 15 is 0 Å². The van der Waals surface area contributed by atoms with E-state index in [2.05, 4.69) is 21.0 Å². The molecule has 1 amide bonds. The Hall–Kier alpha value is -3.13. The molecule has 5 rings (SSSR count). The Kier molecular flexibility index (Phi) is 6.17. The maximum absolute atomic E-state index is 12.5. The molecule has 2 aromatic carbocycles. The van der Waals surface area contributed by atoms with Gasteiger partial charge >= 0.3 is 0 Å². The number of fused-ring (bicyclic) bond motifs is 1. The molecule has 3 N–H and O–H groups in total. The summed E-state index contributed by atoms with van der Waals surface area (Å²) in [5.41, 5.74) is 4.03. The van der Waals surface area contributed by atoms with Gasteiger partial charge < -0.3 is 16.0 Å². The number of nitrogens with one attached hydrogen (secondary N) is 3. The lowest BCUT2D eigenvalue weighted by atomic mass is 10.1. The van der Waals surface area contributed by atoms with Gasteiger partial charge in [-0.1, -0.05) is 41.4 Å². The second kappa shape index (κ2) is 9.39. The molecule has 9 heteroatoms.